The van der Waals surface area contributed by atoms with Crippen LogP contribution in [0.1, 0.15) is 16.7 Å². The Bertz CT molecular complexity index is 647. The number of benzene rings is 2. The molecule has 1 unspecified atom stereocenters. The second-order valence-corrected chi connectivity index (χ2v) is 5.18. The van der Waals surface area contributed by atoms with Crippen LogP contribution in [0.4, 0.5) is 0 Å². The average molecular weight is 300 g/mol. The molecule has 22 heavy (non-hydrogen) atoms. The van der Waals surface area contributed by atoms with Crippen molar-refractivity contribution in [1.82, 2.24) is 0 Å². The van der Waals surface area contributed by atoms with Crippen LogP contribution in [0.15, 0.2) is 42.5 Å². The zero-order chi connectivity index (χ0) is 16.1. The minimum Gasteiger partial charge on any atom is -0.497 e. The predicted molar refractivity (Wildman–Crippen MR) is 84.7 cm³/mol. The minimum absolute atomic E-state index is 0.328. The van der Waals surface area contributed by atoms with E-state index in [1.807, 2.05) is 32.0 Å². The zero-order valence-electron chi connectivity index (χ0n) is 13.0. The van der Waals surface area contributed by atoms with Crippen molar-refractivity contribution in [2.45, 2.75) is 26.4 Å². The van der Waals surface area contributed by atoms with Gasteiger partial charge in [-0.2, -0.15) is 0 Å². The Morgan fingerprint density at radius 3 is 2.32 bits per heavy atom. The topological polar surface area (TPSA) is 55.8 Å². The van der Waals surface area contributed by atoms with Gasteiger partial charge in [-0.25, -0.2) is 4.79 Å². The molecule has 0 amide bonds. The molecular formula is C18H20O4. The van der Waals surface area contributed by atoms with Crippen LogP contribution in [0.5, 0.6) is 11.5 Å². The lowest BCUT2D eigenvalue weighted by Crippen LogP contribution is -2.29. The van der Waals surface area contributed by atoms with Crippen molar-refractivity contribution in [3.05, 3.63) is 59.2 Å². The molecule has 2 aromatic rings. The highest BCUT2D eigenvalue weighted by atomic mass is 16.5. The summed E-state index contributed by atoms with van der Waals surface area (Å²) in [4.78, 5) is 11.5. The first kappa shape index (κ1) is 15.9. The van der Waals surface area contributed by atoms with Crippen LogP contribution in [0.25, 0.3) is 0 Å². The van der Waals surface area contributed by atoms with E-state index in [-0.39, 0.29) is 0 Å². The number of ether oxygens (including phenoxy) is 2. The number of rotatable bonds is 6. The van der Waals surface area contributed by atoms with Crippen LogP contribution in [0.3, 0.4) is 0 Å². The normalized spacial score (nSPS) is 11.8. The fourth-order valence-electron chi connectivity index (χ4n) is 2.23. The third-order valence-corrected chi connectivity index (χ3v) is 3.74. The molecule has 116 valence electrons. The molecule has 0 saturated heterocycles. The highest BCUT2D eigenvalue weighted by Gasteiger charge is 2.21. The van der Waals surface area contributed by atoms with Gasteiger partial charge in [0, 0.05) is 6.42 Å². The number of aryl methyl sites for hydroxylation is 1. The molecule has 1 N–H and O–H groups in total. The standard InChI is InChI=1S/C18H20O4/c1-12-5-4-6-14(13(12)2)11-17(18(19)20)22-16-9-7-15(21-3)8-10-16/h4-10,17H,11H2,1-3H3,(H,19,20). The van der Waals surface area contributed by atoms with E-state index in [4.69, 9.17) is 9.47 Å². The van der Waals surface area contributed by atoms with Crippen molar-refractivity contribution in [2.75, 3.05) is 7.11 Å². The van der Waals surface area contributed by atoms with Crippen LogP contribution >= 0.6 is 0 Å². The maximum Gasteiger partial charge on any atom is 0.345 e. The Morgan fingerprint density at radius 2 is 1.73 bits per heavy atom. The van der Waals surface area contributed by atoms with Gasteiger partial charge in [0.15, 0.2) is 6.10 Å². The van der Waals surface area contributed by atoms with Crippen LogP contribution in [0, 0.1) is 13.8 Å². The van der Waals surface area contributed by atoms with E-state index in [9.17, 15) is 9.90 Å². The zero-order valence-corrected chi connectivity index (χ0v) is 13.0. The monoisotopic (exact) mass is 300 g/mol. The molecule has 0 aromatic heterocycles. The first-order valence-electron chi connectivity index (χ1n) is 7.10. The van der Waals surface area contributed by atoms with Gasteiger partial charge >= 0.3 is 5.97 Å². The van der Waals surface area contributed by atoms with Crippen molar-refractivity contribution in [2.24, 2.45) is 0 Å². The van der Waals surface area contributed by atoms with Crippen LogP contribution < -0.4 is 9.47 Å². The molecule has 4 nitrogen and oxygen atoms in total. The van der Waals surface area contributed by atoms with Gasteiger partial charge in [-0.05, 0) is 54.8 Å². The van der Waals surface area contributed by atoms with Gasteiger partial charge in [-0.15, -0.1) is 0 Å². The van der Waals surface area contributed by atoms with E-state index in [2.05, 4.69) is 0 Å². The Kier molecular flexibility index (Phi) is 5.04. The van der Waals surface area contributed by atoms with E-state index >= 15 is 0 Å². The Balaban J connectivity index is 2.16. The maximum atomic E-state index is 11.5. The highest BCUT2D eigenvalue weighted by Crippen LogP contribution is 2.21. The second kappa shape index (κ2) is 6.98. The van der Waals surface area contributed by atoms with Gasteiger partial charge in [-0.1, -0.05) is 18.2 Å². The second-order valence-electron chi connectivity index (χ2n) is 5.18. The van der Waals surface area contributed by atoms with Gasteiger partial charge in [0.1, 0.15) is 11.5 Å². The summed E-state index contributed by atoms with van der Waals surface area (Å²) >= 11 is 0. The summed E-state index contributed by atoms with van der Waals surface area (Å²) in [6.45, 7) is 4.01. The predicted octanol–water partition coefficient (Wildman–Crippen LogP) is 3.39. The number of carboxylic acids is 1. The molecule has 0 spiro atoms. The summed E-state index contributed by atoms with van der Waals surface area (Å²) in [5.74, 6) is 0.240. The lowest BCUT2D eigenvalue weighted by molar-refractivity contribution is -0.145. The minimum atomic E-state index is -0.975. The molecule has 1 atom stereocenters. The van der Waals surface area contributed by atoms with E-state index in [1.54, 1.807) is 31.4 Å². The molecule has 0 radical (unpaired) electrons. The average Bonchev–Trinajstić information content (AvgIpc) is 2.51. The summed E-state index contributed by atoms with van der Waals surface area (Å²) in [7, 11) is 1.58. The molecule has 0 fully saturated rings. The fraction of sp³-hybridized carbons (Fsp3) is 0.278. The van der Waals surface area contributed by atoms with Crippen LogP contribution in [0.2, 0.25) is 0 Å². The number of hydrogen-bond donors (Lipinski definition) is 1. The molecule has 0 saturated carbocycles. The quantitative estimate of drug-likeness (QED) is 0.888. The van der Waals surface area contributed by atoms with Crippen molar-refractivity contribution in [1.29, 1.82) is 0 Å². The van der Waals surface area contributed by atoms with E-state index in [0.29, 0.717) is 17.9 Å². The molecule has 0 bridgehead atoms. The smallest absolute Gasteiger partial charge is 0.345 e. The molecule has 0 heterocycles. The Morgan fingerprint density at radius 1 is 1.09 bits per heavy atom. The van der Waals surface area contributed by atoms with Gasteiger partial charge in [0.05, 0.1) is 7.11 Å². The van der Waals surface area contributed by atoms with Crippen molar-refractivity contribution >= 4 is 5.97 Å². The molecule has 0 aliphatic heterocycles. The lowest BCUT2D eigenvalue weighted by atomic mass is 9.98. The van der Waals surface area contributed by atoms with Crippen LogP contribution in [-0.2, 0) is 11.2 Å². The summed E-state index contributed by atoms with van der Waals surface area (Å²) in [6.07, 6.45) is -0.594. The molecule has 2 aromatic carbocycles. The van der Waals surface area contributed by atoms with Crippen LogP contribution in [-0.4, -0.2) is 24.3 Å². The van der Waals surface area contributed by atoms with Crippen molar-refractivity contribution in [3.8, 4) is 11.5 Å². The third-order valence-electron chi connectivity index (χ3n) is 3.74. The molecule has 0 aliphatic rings. The molecule has 2 rings (SSSR count). The number of methoxy groups -OCH3 is 1. The van der Waals surface area contributed by atoms with Gasteiger partial charge in [0.2, 0.25) is 0 Å². The first-order chi connectivity index (χ1) is 10.5. The summed E-state index contributed by atoms with van der Waals surface area (Å²) in [6, 6.07) is 12.8. The highest BCUT2D eigenvalue weighted by molar-refractivity contribution is 5.73. The number of aliphatic carboxylic acids is 1. The van der Waals surface area contributed by atoms with Gasteiger partial charge < -0.3 is 14.6 Å². The molecule has 4 heteroatoms. The number of hydrogen-bond acceptors (Lipinski definition) is 3. The number of carboxylic acid groups (broad SMARTS) is 1. The first-order valence-corrected chi connectivity index (χ1v) is 7.10. The van der Waals surface area contributed by atoms with Gasteiger partial charge in [0.25, 0.3) is 0 Å². The lowest BCUT2D eigenvalue weighted by Gasteiger charge is -2.17. The number of carbonyl (C=O) groups is 1. The summed E-state index contributed by atoms with van der Waals surface area (Å²) < 4.78 is 10.7. The SMILES string of the molecule is COc1ccc(OC(Cc2cccc(C)c2C)C(=O)O)cc1. The Labute approximate surface area is 130 Å². The summed E-state index contributed by atoms with van der Waals surface area (Å²) in [5.41, 5.74) is 3.24. The fourth-order valence-corrected chi connectivity index (χ4v) is 2.23. The van der Waals surface area contributed by atoms with E-state index in [1.165, 1.54) is 0 Å². The third kappa shape index (κ3) is 3.79. The van der Waals surface area contributed by atoms with E-state index < -0.39 is 12.1 Å². The molecule has 0 aliphatic carbocycles. The Hall–Kier alpha value is -2.49. The largest absolute Gasteiger partial charge is 0.497 e. The maximum absolute atomic E-state index is 11.5. The van der Waals surface area contributed by atoms with E-state index in [0.717, 1.165) is 16.7 Å². The van der Waals surface area contributed by atoms with Crippen molar-refractivity contribution in [3.63, 3.8) is 0 Å². The van der Waals surface area contributed by atoms with Gasteiger partial charge in [-0.3, -0.25) is 0 Å². The van der Waals surface area contributed by atoms with Crippen molar-refractivity contribution < 1.29 is 19.4 Å². The molecular weight excluding hydrogens is 280 g/mol. The summed E-state index contributed by atoms with van der Waals surface area (Å²) in [5, 5.41) is 9.41.